The summed E-state index contributed by atoms with van der Waals surface area (Å²) in [4.78, 5) is 24.1. The summed E-state index contributed by atoms with van der Waals surface area (Å²) < 4.78 is 19.8. The zero-order valence-corrected chi connectivity index (χ0v) is 15.4. The molecule has 0 aliphatic carbocycles. The molecule has 1 heterocycles. The van der Waals surface area contributed by atoms with Gasteiger partial charge in [0.1, 0.15) is 22.7 Å². The Balaban J connectivity index is 2.06. The highest BCUT2D eigenvalue weighted by molar-refractivity contribution is 6.30. The van der Waals surface area contributed by atoms with Crippen molar-refractivity contribution in [3.63, 3.8) is 0 Å². The molecule has 0 aliphatic heterocycles. The molecular weight excluding hydrogens is 373 g/mol. The van der Waals surface area contributed by atoms with Crippen molar-refractivity contribution in [1.82, 2.24) is 5.32 Å². The number of carbonyl (C=O) groups is 2. The first-order chi connectivity index (χ1) is 12.7. The Bertz CT molecular complexity index is 1030. The van der Waals surface area contributed by atoms with Gasteiger partial charge in [-0.2, -0.15) is 0 Å². The summed E-state index contributed by atoms with van der Waals surface area (Å²) in [5.74, 6) is -2.07. The Labute approximate surface area is 159 Å². The third-order valence-electron chi connectivity index (χ3n) is 4.52. The minimum absolute atomic E-state index is 0.0638. The SMILES string of the molecule is CCC(C)(NC(=O)c1cc(F)cc2cc(-c3ccc(Cl)cc3)oc12)C(=O)O. The van der Waals surface area contributed by atoms with Crippen LogP contribution >= 0.6 is 11.6 Å². The summed E-state index contributed by atoms with van der Waals surface area (Å²) in [5.41, 5.74) is -0.637. The number of carboxylic acids is 1. The molecule has 1 aromatic heterocycles. The topological polar surface area (TPSA) is 79.5 Å². The van der Waals surface area contributed by atoms with E-state index in [0.717, 1.165) is 6.07 Å². The summed E-state index contributed by atoms with van der Waals surface area (Å²) in [5, 5.41) is 12.8. The van der Waals surface area contributed by atoms with Crippen molar-refractivity contribution in [3.8, 4) is 11.3 Å². The molecule has 0 bridgehead atoms. The second-order valence-electron chi connectivity index (χ2n) is 6.43. The van der Waals surface area contributed by atoms with Crippen LogP contribution in [0.25, 0.3) is 22.3 Å². The van der Waals surface area contributed by atoms with E-state index in [9.17, 15) is 19.1 Å². The second kappa shape index (κ2) is 7.04. The monoisotopic (exact) mass is 389 g/mol. The largest absolute Gasteiger partial charge is 0.480 e. The fourth-order valence-electron chi connectivity index (χ4n) is 2.65. The normalized spacial score (nSPS) is 13.3. The summed E-state index contributed by atoms with van der Waals surface area (Å²) in [6, 6.07) is 10.8. The number of fused-ring (bicyclic) bond motifs is 1. The van der Waals surface area contributed by atoms with Crippen LogP contribution in [0.5, 0.6) is 0 Å². The maximum atomic E-state index is 14.0. The van der Waals surface area contributed by atoms with Crippen molar-refractivity contribution < 1.29 is 23.5 Å². The van der Waals surface area contributed by atoms with Crippen LogP contribution in [-0.2, 0) is 4.79 Å². The van der Waals surface area contributed by atoms with E-state index in [-0.39, 0.29) is 17.6 Å². The van der Waals surface area contributed by atoms with Crippen molar-refractivity contribution in [3.05, 3.63) is 58.9 Å². The molecule has 0 saturated carbocycles. The molecule has 0 radical (unpaired) electrons. The highest BCUT2D eigenvalue weighted by atomic mass is 35.5. The Hall–Kier alpha value is -2.86. The van der Waals surface area contributed by atoms with E-state index in [0.29, 0.717) is 21.7 Å². The van der Waals surface area contributed by atoms with Crippen molar-refractivity contribution in [1.29, 1.82) is 0 Å². The zero-order chi connectivity index (χ0) is 19.8. The first-order valence-corrected chi connectivity index (χ1v) is 8.66. The minimum Gasteiger partial charge on any atom is -0.480 e. The molecule has 1 atom stereocenters. The van der Waals surface area contributed by atoms with Gasteiger partial charge in [-0.05, 0) is 55.8 Å². The standard InChI is InChI=1S/C20H17ClFNO4/c1-3-20(2,19(25)26)23-18(24)15-10-14(22)8-12-9-16(27-17(12)15)11-4-6-13(21)7-5-11/h4-10H,3H2,1-2H3,(H,23,24)(H,25,26). The zero-order valence-electron chi connectivity index (χ0n) is 14.7. The first-order valence-electron chi connectivity index (χ1n) is 8.28. The van der Waals surface area contributed by atoms with Crippen molar-refractivity contribution >= 4 is 34.4 Å². The van der Waals surface area contributed by atoms with Crippen molar-refractivity contribution in [2.75, 3.05) is 0 Å². The fraction of sp³-hybridized carbons (Fsp3) is 0.200. The molecule has 3 aromatic rings. The molecule has 1 unspecified atom stereocenters. The average molecular weight is 390 g/mol. The van der Waals surface area contributed by atoms with Gasteiger partial charge in [0.05, 0.1) is 5.56 Å². The molecule has 27 heavy (non-hydrogen) atoms. The van der Waals surface area contributed by atoms with E-state index >= 15 is 0 Å². The van der Waals surface area contributed by atoms with E-state index in [2.05, 4.69) is 5.32 Å². The molecule has 0 saturated heterocycles. The Morgan fingerprint density at radius 1 is 1.22 bits per heavy atom. The summed E-state index contributed by atoms with van der Waals surface area (Å²) in [6.07, 6.45) is 0.167. The molecule has 7 heteroatoms. The van der Waals surface area contributed by atoms with Crippen LogP contribution in [-0.4, -0.2) is 22.5 Å². The van der Waals surface area contributed by atoms with Gasteiger partial charge < -0.3 is 14.8 Å². The van der Waals surface area contributed by atoms with E-state index in [1.807, 2.05) is 0 Å². The maximum absolute atomic E-state index is 14.0. The fourth-order valence-corrected chi connectivity index (χ4v) is 2.78. The van der Waals surface area contributed by atoms with E-state index in [1.54, 1.807) is 37.3 Å². The van der Waals surface area contributed by atoms with E-state index in [4.69, 9.17) is 16.0 Å². The van der Waals surface area contributed by atoms with Gasteiger partial charge in [-0.3, -0.25) is 4.79 Å². The van der Waals surface area contributed by atoms with Crippen LogP contribution in [0.4, 0.5) is 4.39 Å². The Morgan fingerprint density at radius 3 is 2.48 bits per heavy atom. The average Bonchev–Trinajstić information content (AvgIpc) is 3.04. The third kappa shape index (κ3) is 3.66. The van der Waals surface area contributed by atoms with Crippen molar-refractivity contribution in [2.24, 2.45) is 0 Å². The van der Waals surface area contributed by atoms with Gasteiger partial charge in [0.15, 0.2) is 0 Å². The lowest BCUT2D eigenvalue weighted by molar-refractivity contribution is -0.143. The number of furan rings is 1. The van der Waals surface area contributed by atoms with E-state index < -0.39 is 23.2 Å². The number of aliphatic carboxylic acids is 1. The van der Waals surface area contributed by atoms with Crippen LogP contribution in [0.3, 0.4) is 0 Å². The smallest absolute Gasteiger partial charge is 0.329 e. The van der Waals surface area contributed by atoms with Crippen LogP contribution in [0.1, 0.15) is 30.6 Å². The molecule has 1 amide bonds. The number of rotatable bonds is 5. The number of nitrogens with one attached hydrogen (secondary N) is 1. The van der Waals surface area contributed by atoms with Crippen LogP contribution < -0.4 is 5.32 Å². The van der Waals surface area contributed by atoms with Gasteiger partial charge >= 0.3 is 5.97 Å². The summed E-state index contributed by atoms with van der Waals surface area (Å²) in [6.45, 7) is 3.03. The predicted molar refractivity (Wildman–Crippen MR) is 100 cm³/mol. The molecule has 2 N–H and O–H groups in total. The summed E-state index contributed by atoms with van der Waals surface area (Å²) >= 11 is 5.89. The number of hydrogen-bond donors (Lipinski definition) is 2. The number of benzene rings is 2. The van der Waals surface area contributed by atoms with Crippen LogP contribution in [0.2, 0.25) is 5.02 Å². The highest BCUT2D eigenvalue weighted by Gasteiger charge is 2.34. The lowest BCUT2D eigenvalue weighted by atomic mass is 9.98. The number of carboxylic acid groups (broad SMARTS) is 1. The Morgan fingerprint density at radius 2 is 1.89 bits per heavy atom. The molecular formula is C20H17ClFNO4. The van der Waals surface area contributed by atoms with E-state index in [1.165, 1.54) is 13.0 Å². The molecule has 140 valence electrons. The van der Waals surface area contributed by atoms with Crippen LogP contribution in [0, 0.1) is 5.82 Å². The predicted octanol–water partition coefficient (Wildman–Crippen LogP) is 4.88. The van der Waals surface area contributed by atoms with Gasteiger partial charge in [-0.15, -0.1) is 0 Å². The van der Waals surface area contributed by atoms with Gasteiger partial charge in [0.25, 0.3) is 5.91 Å². The third-order valence-corrected chi connectivity index (χ3v) is 4.77. The molecule has 2 aromatic carbocycles. The summed E-state index contributed by atoms with van der Waals surface area (Å²) in [7, 11) is 0. The molecule has 0 aliphatic rings. The number of carbonyl (C=O) groups excluding carboxylic acids is 1. The lowest BCUT2D eigenvalue weighted by Gasteiger charge is -2.24. The molecule has 0 fully saturated rings. The minimum atomic E-state index is -1.47. The second-order valence-corrected chi connectivity index (χ2v) is 6.87. The Kier molecular flexibility index (Phi) is 4.93. The van der Waals surface area contributed by atoms with Gasteiger partial charge in [0.2, 0.25) is 0 Å². The molecule has 3 rings (SSSR count). The number of hydrogen-bond acceptors (Lipinski definition) is 3. The maximum Gasteiger partial charge on any atom is 0.329 e. The first kappa shape index (κ1) is 18.9. The number of halogens is 2. The molecule has 5 nitrogen and oxygen atoms in total. The van der Waals surface area contributed by atoms with Crippen molar-refractivity contribution in [2.45, 2.75) is 25.8 Å². The highest BCUT2D eigenvalue weighted by Crippen LogP contribution is 2.31. The molecule has 0 spiro atoms. The van der Waals surface area contributed by atoms with Gasteiger partial charge in [-0.25, -0.2) is 9.18 Å². The number of amides is 1. The quantitative estimate of drug-likeness (QED) is 0.652. The van der Waals surface area contributed by atoms with Crippen LogP contribution in [0.15, 0.2) is 46.9 Å². The van der Waals surface area contributed by atoms with Gasteiger partial charge in [-0.1, -0.05) is 18.5 Å². The van der Waals surface area contributed by atoms with Gasteiger partial charge in [0, 0.05) is 16.0 Å². The lowest BCUT2D eigenvalue weighted by Crippen LogP contribution is -2.51.